The average Bonchev–Trinajstić information content (AvgIpc) is 3.08. The standard InChI is InChI=1S/C13H11F2N5O/c14-13(15)21-8-3-1-7(2-4-8)10-11(19-20-12(10)16)9-5-6-17-18-9/h1-6,13H,(H,17,18)(H3,16,19,20). The molecule has 3 rings (SSSR count). The second-order valence-corrected chi connectivity index (χ2v) is 4.23. The van der Waals surface area contributed by atoms with Gasteiger partial charge in [0, 0.05) is 6.20 Å². The zero-order chi connectivity index (χ0) is 14.8. The Morgan fingerprint density at radius 1 is 1.10 bits per heavy atom. The first-order valence-electron chi connectivity index (χ1n) is 6.04. The lowest BCUT2D eigenvalue weighted by atomic mass is 10.0. The molecule has 0 amide bonds. The number of anilines is 1. The number of nitrogens with two attached hydrogens (primary N) is 1. The summed E-state index contributed by atoms with van der Waals surface area (Å²) in [5, 5.41) is 13.5. The Hall–Kier alpha value is -2.90. The van der Waals surface area contributed by atoms with Crippen LogP contribution < -0.4 is 10.5 Å². The van der Waals surface area contributed by atoms with E-state index in [-0.39, 0.29) is 5.75 Å². The first-order valence-corrected chi connectivity index (χ1v) is 6.04. The highest BCUT2D eigenvalue weighted by atomic mass is 19.3. The fourth-order valence-corrected chi connectivity index (χ4v) is 2.04. The summed E-state index contributed by atoms with van der Waals surface area (Å²) < 4.78 is 28.6. The quantitative estimate of drug-likeness (QED) is 0.689. The maximum absolute atomic E-state index is 12.1. The van der Waals surface area contributed by atoms with Crippen LogP contribution in [0.15, 0.2) is 36.5 Å². The molecule has 2 heterocycles. The molecule has 0 aliphatic rings. The number of rotatable bonds is 4. The van der Waals surface area contributed by atoms with Gasteiger partial charge in [0.05, 0.1) is 17.0 Å². The third kappa shape index (κ3) is 2.55. The van der Waals surface area contributed by atoms with Crippen LogP contribution in [0, 0.1) is 0 Å². The highest BCUT2D eigenvalue weighted by Gasteiger charge is 2.16. The third-order valence-corrected chi connectivity index (χ3v) is 2.93. The Bertz CT molecular complexity index is 722. The lowest BCUT2D eigenvalue weighted by molar-refractivity contribution is -0.0498. The monoisotopic (exact) mass is 291 g/mol. The van der Waals surface area contributed by atoms with E-state index >= 15 is 0 Å². The van der Waals surface area contributed by atoms with E-state index in [9.17, 15) is 8.78 Å². The Balaban J connectivity index is 1.99. The molecule has 0 bridgehead atoms. The molecule has 0 saturated heterocycles. The topological polar surface area (TPSA) is 92.6 Å². The van der Waals surface area contributed by atoms with Gasteiger partial charge in [-0.15, -0.1) is 0 Å². The van der Waals surface area contributed by atoms with Crippen molar-refractivity contribution in [1.82, 2.24) is 20.4 Å². The van der Waals surface area contributed by atoms with Crippen LogP contribution >= 0.6 is 0 Å². The van der Waals surface area contributed by atoms with Gasteiger partial charge in [-0.3, -0.25) is 10.2 Å². The minimum Gasteiger partial charge on any atom is -0.435 e. The normalized spacial score (nSPS) is 11.0. The number of nitrogens with zero attached hydrogens (tertiary/aromatic N) is 2. The Morgan fingerprint density at radius 3 is 2.48 bits per heavy atom. The van der Waals surface area contributed by atoms with Crippen LogP contribution in [0.1, 0.15) is 0 Å². The van der Waals surface area contributed by atoms with Crippen molar-refractivity contribution >= 4 is 5.82 Å². The van der Waals surface area contributed by atoms with E-state index in [0.29, 0.717) is 17.1 Å². The summed E-state index contributed by atoms with van der Waals surface area (Å²) in [6.07, 6.45) is 1.61. The molecular weight excluding hydrogens is 280 g/mol. The summed E-state index contributed by atoms with van der Waals surface area (Å²) in [7, 11) is 0. The van der Waals surface area contributed by atoms with Crippen LogP contribution in [0.25, 0.3) is 22.5 Å². The number of hydrogen-bond acceptors (Lipinski definition) is 4. The largest absolute Gasteiger partial charge is 0.435 e. The average molecular weight is 291 g/mol. The second-order valence-electron chi connectivity index (χ2n) is 4.23. The van der Waals surface area contributed by atoms with Gasteiger partial charge < -0.3 is 10.5 Å². The van der Waals surface area contributed by atoms with Gasteiger partial charge in [-0.1, -0.05) is 12.1 Å². The van der Waals surface area contributed by atoms with E-state index in [1.54, 1.807) is 24.4 Å². The van der Waals surface area contributed by atoms with Crippen molar-refractivity contribution in [2.24, 2.45) is 0 Å². The molecule has 0 radical (unpaired) electrons. The molecule has 0 saturated carbocycles. The molecule has 21 heavy (non-hydrogen) atoms. The van der Waals surface area contributed by atoms with Crippen molar-refractivity contribution in [2.75, 3.05) is 5.73 Å². The predicted molar refractivity (Wildman–Crippen MR) is 72.6 cm³/mol. The van der Waals surface area contributed by atoms with Gasteiger partial charge in [-0.2, -0.15) is 19.0 Å². The predicted octanol–water partition coefficient (Wildman–Crippen LogP) is 2.65. The summed E-state index contributed by atoms with van der Waals surface area (Å²) >= 11 is 0. The Morgan fingerprint density at radius 2 is 1.86 bits per heavy atom. The number of benzene rings is 1. The van der Waals surface area contributed by atoms with E-state index in [2.05, 4.69) is 25.1 Å². The second kappa shape index (κ2) is 5.23. The van der Waals surface area contributed by atoms with Crippen LogP contribution in [-0.4, -0.2) is 27.0 Å². The molecule has 0 aliphatic heterocycles. The van der Waals surface area contributed by atoms with Crippen LogP contribution in [0.2, 0.25) is 0 Å². The molecule has 1 aromatic carbocycles. The SMILES string of the molecule is Nc1n[nH]c(-c2ccn[nH]2)c1-c1ccc(OC(F)F)cc1. The number of ether oxygens (including phenoxy) is 1. The van der Waals surface area contributed by atoms with Crippen molar-refractivity contribution < 1.29 is 13.5 Å². The molecule has 8 heteroatoms. The van der Waals surface area contributed by atoms with Gasteiger partial charge >= 0.3 is 6.61 Å². The maximum atomic E-state index is 12.1. The molecule has 0 atom stereocenters. The van der Waals surface area contributed by atoms with Crippen LogP contribution in [0.5, 0.6) is 5.75 Å². The van der Waals surface area contributed by atoms with Gasteiger partial charge in [-0.05, 0) is 23.8 Å². The number of aromatic amines is 2. The minimum absolute atomic E-state index is 0.0823. The van der Waals surface area contributed by atoms with Crippen molar-refractivity contribution in [3.8, 4) is 28.3 Å². The van der Waals surface area contributed by atoms with Crippen molar-refractivity contribution in [3.63, 3.8) is 0 Å². The van der Waals surface area contributed by atoms with E-state index in [1.807, 2.05) is 0 Å². The summed E-state index contributed by atoms with van der Waals surface area (Å²) in [5.41, 5.74) is 8.67. The van der Waals surface area contributed by atoms with Crippen LogP contribution in [0.3, 0.4) is 0 Å². The highest BCUT2D eigenvalue weighted by Crippen LogP contribution is 2.34. The fraction of sp³-hybridized carbons (Fsp3) is 0.0769. The first kappa shape index (κ1) is 13.1. The molecule has 3 aromatic rings. The maximum Gasteiger partial charge on any atom is 0.387 e. The number of hydrogen-bond donors (Lipinski definition) is 3. The molecule has 4 N–H and O–H groups in total. The number of nitrogen functional groups attached to an aromatic ring is 1. The van der Waals surface area contributed by atoms with E-state index in [4.69, 9.17) is 5.73 Å². The molecular formula is C13H11F2N5O. The molecule has 6 nitrogen and oxygen atoms in total. The van der Waals surface area contributed by atoms with Gasteiger partial charge in [0.25, 0.3) is 0 Å². The summed E-state index contributed by atoms with van der Waals surface area (Å²) in [5.74, 6) is 0.390. The Kier molecular flexibility index (Phi) is 3.27. The van der Waals surface area contributed by atoms with Gasteiger partial charge in [0.15, 0.2) is 5.82 Å². The summed E-state index contributed by atoms with van der Waals surface area (Å²) in [4.78, 5) is 0. The van der Waals surface area contributed by atoms with E-state index in [0.717, 1.165) is 11.3 Å². The smallest absolute Gasteiger partial charge is 0.387 e. The first-order chi connectivity index (χ1) is 10.1. The lowest BCUT2D eigenvalue weighted by Crippen LogP contribution is -2.01. The third-order valence-electron chi connectivity index (χ3n) is 2.93. The lowest BCUT2D eigenvalue weighted by Gasteiger charge is -2.06. The van der Waals surface area contributed by atoms with Gasteiger partial charge in [0.1, 0.15) is 5.75 Å². The zero-order valence-electron chi connectivity index (χ0n) is 10.7. The molecule has 0 spiro atoms. The molecule has 0 unspecified atom stereocenters. The molecule has 108 valence electrons. The van der Waals surface area contributed by atoms with Crippen LogP contribution in [-0.2, 0) is 0 Å². The molecule has 0 aliphatic carbocycles. The van der Waals surface area contributed by atoms with Crippen LogP contribution in [0.4, 0.5) is 14.6 Å². The Labute approximate surface area is 117 Å². The van der Waals surface area contributed by atoms with Crippen molar-refractivity contribution in [2.45, 2.75) is 6.61 Å². The van der Waals surface area contributed by atoms with Gasteiger partial charge in [-0.25, -0.2) is 0 Å². The van der Waals surface area contributed by atoms with E-state index < -0.39 is 6.61 Å². The minimum atomic E-state index is -2.85. The number of halogens is 2. The van der Waals surface area contributed by atoms with Crippen molar-refractivity contribution in [1.29, 1.82) is 0 Å². The zero-order valence-corrected chi connectivity index (χ0v) is 10.7. The fourth-order valence-electron chi connectivity index (χ4n) is 2.04. The molecule has 0 fully saturated rings. The number of aromatic nitrogens is 4. The number of H-pyrrole nitrogens is 2. The highest BCUT2D eigenvalue weighted by molar-refractivity contribution is 5.86. The summed E-state index contributed by atoms with van der Waals surface area (Å²) in [6.45, 7) is -2.85. The number of nitrogens with one attached hydrogen (secondary N) is 2. The van der Waals surface area contributed by atoms with Crippen molar-refractivity contribution in [3.05, 3.63) is 36.5 Å². The summed E-state index contributed by atoms with van der Waals surface area (Å²) in [6, 6.07) is 7.94. The number of alkyl halides is 2. The molecule has 2 aromatic heterocycles. The van der Waals surface area contributed by atoms with Gasteiger partial charge in [0.2, 0.25) is 0 Å². The van der Waals surface area contributed by atoms with E-state index in [1.165, 1.54) is 12.1 Å².